The Morgan fingerprint density at radius 1 is 1.15 bits per heavy atom. The molecular weight excluding hydrogens is 452 g/mol. The molecule has 0 radical (unpaired) electrons. The lowest BCUT2D eigenvalue weighted by Crippen LogP contribution is -2.54. The second-order valence-electron chi connectivity index (χ2n) is 9.20. The van der Waals surface area contributed by atoms with Gasteiger partial charge < -0.3 is 20.3 Å². The number of thiol groups is 1. The van der Waals surface area contributed by atoms with Crippen LogP contribution in [0.2, 0.25) is 0 Å². The largest absolute Gasteiger partial charge is 0.444 e. The first-order valence-corrected chi connectivity index (χ1v) is 12.3. The Kier molecular flexibility index (Phi) is 11.9. The lowest BCUT2D eigenvalue weighted by atomic mass is 10.00. The maximum Gasteiger partial charge on any atom is 0.408 e. The molecule has 8 nitrogen and oxygen atoms in total. The van der Waals surface area contributed by atoms with Crippen molar-refractivity contribution >= 4 is 30.5 Å². The summed E-state index contributed by atoms with van der Waals surface area (Å²) in [6, 6.07) is 7.14. The number of nitrogens with zero attached hydrogens (tertiary/aromatic N) is 2. The molecule has 2 N–H and O–H groups in total. The van der Waals surface area contributed by atoms with Crippen LogP contribution in [0.4, 0.5) is 4.79 Å². The molecule has 1 aromatic rings. The van der Waals surface area contributed by atoms with Crippen molar-refractivity contribution in [3.8, 4) is 6.07 Å². The molecule has 3 atom stereocenters. The van der Waals surface area contributed by atoms with Gasteiger partial charge in [-0.05, 0) is 51.7 Å². The Balaban J connectivity index is 3.34. The van der Waals surface area contributed by atoms with Gasteiger partial charge in [0.15, 0.2) is 0 Å². The molecule has 1 aromatic carbocycles. The van der Waals surface area contributed by atoms with Crippen molar-refractivity contribution in [2.24, 2.45) is 0 Å². The van der Waals surface area contributed by atoms with Crippen LogP contribution >= 0.6 is 12.6 Å². The van der Waals surface area contributed by atoms with Crippen LogP contribution in [0.15, 0.2) is 24.3 Å². The number of aryl methyl sites for hydroxylation is 1. The smallest absolute Gasteiger partial charge is 0.408 e. The van der Waals surface area contributed by atoms with Crippen molar-refractivity contribution in [2.45, 2.75) is 84.5 Å². The van der Waals surface area contributed by atoms with Gasteiger partial charge in [-0.1, -0.05) is 44.5 Å². The van der Waals surface area contributed by atoms with Gasteiger partial charge in [-0.2, -0.15) is 17.9 Å². The molecule has 0 fully saturated rings. The maximum atomic E-state index is 13.5. The summed E-state index contributed by atoms with van der Waals surface area (Å²) in [7, 11) is 0. The fraction of sp³-hybridized carbons (Fsp3) is 0.600. The van der Waals surface area contributed by atoms with E-state index in [-0.39, 0.29) is 24.2 Å². The van der Waals surface area contributed by atoms with Crippen molar-refractivity contribution in [1.29, 1.82) is 5.26 Å². The van der Waals surface area contributed by atoms with E-state index in [9.17, 15) is 19.6 Å². The fourth-order valence-electron chi connectivity index (χ4n) is 3.44. The highest BCUT2D eigenvalue weighted by atomic mass is 32.1. The van der Waals surface area contributed by atoms with Crippen LogP contribution < -0.4 is 10.6 Å². The fourth-order valence-corrected chi connectivity index (χ4v) is 3.69. The second kappa shape index (κ2) is 13.9. The van der Waals surface area contributed by atoms with Crippen LogP contribution in [0, 0.1) is 11.3 Å². The minimum Gasteiger partial charge on any atom is -0.444 e. The molecule has 0 aromatic heterocycles. The summed E-state index contributed by atoms with van der Waals surface area (Å²) >= 11 is 4.22. The number of rotatable bonds is 11. The quantitative estimate of drug-likeness (QED) is 0.323. The number of alkyl carbamates (subject to hydrolysis) is 1. The van der Waals surface area contributed by atoms with Gasteiger partial charge in [0.05, 0.1) is 6.07 Å². The van der Waals surface area contributed by atoms with E-state index in [0.29, 0.717) is 5.56 Å². The van der Waals surface area contributed by atoms with Crippen molar-refractivity contribution in [3.05, 3.63) is 35.4 Å². The van der Waals surface area contributed by atoms with Crippen molar-refractivity contribution in [3.63, 3.8) is 0 Å². The van der Waals surface area contributed by atoms with E-state index < -0.39 is 29.7 Å². The minimum atomic E-state index is -1.08. The number of hydrogen-bond donors (Lipinski definition) is 3. The Bertz CT molecular complexity index is 861. The topological polar surface area (TPSA) is 112 Å². The zero-order valence-corrected chi connectivity index (χ0v) is 21.9. The number of carbonyl (C=O) groups excluding carboxylic acids is 3. The number of hydrogen-bond acceptors (Lipinski definition) is 6. The average Bonchev–Trinajstić information content (AvgIpc) is 2.76. The predicted octanol–water partition coefficient (Wildman–Crippen LogP) is 3.77. The number of amides is 3. The zero-order chi connectivity index (χ0) is 25.9. The summed E-state index contributed by atoms with van der Waals surface area (Å²) in [6.45, 7) is 10.7. The first-order valence-electron chi connectivity index (χ1n) is 11.6. The third-order valence-corrected chi connectivity index (χ3v) is 5.43. The van der Waals surface area contributed by atoms with Gasteiger partial charge in [0.2, 0.25) is 11.8 Å². The zero-order valence-electron chi connectivity index (χ0n) is 21.1. The second-order valence-corrected chi connectivity index (χ2v) is 9.57. The molecule has 34 heavy (non-hydrogen) atoms. The minimum absolute atomic E-state index is 0.0324. The van der Waals surface area contributed by atoms with Gasteiger partial charge in [-0.15, -0.1) is 0 Å². The van der Waals surface area contributed by atoms with Gasteiger partial charge in [0, 0.05) is 11.8 Å². The number of nitriles is 1. The van der Waals surface area contributed by atoms with Crippen molar-refractivity contribution in [2.75, 3.05) is 12.3 Å². The molecule has 0 bridgehead atoms. The van der Waals surface area contributed by atoms with Crippen molar-refractivity contribution < 1.29 is 19.1 Å². The van der Waals surface area contributed by atoms with Gasteiger partial charge in [-0.3, -0.25) is 9.59 Å². The SMILES string of the molecule is CCCC(C)NC(=O)C(c1ccc(CC)cc1)N(CC#N)C(=O)C(CS)NC(=O)OC(C)(C)C. The van der Waals surface area contributed by atoms with Crippen LogP contribution in [0.25, 0.3) is 0 Å². The molecule has 3 amide bonds. The summed E-state index contributed by atoms with van der Waals surface area (Å²) in [5.41, 5.74) is 0.914. The van der Waals surface area contributed by atoms with Crippen molar-refractivity contribution in [1.82, 2.24) is 15.5 Å². The van der Waals surface area contributed by atoms with Gasteiger partial charge >= 0.3 is 6.09 Å². The van der Waals surface area contributed by atoms with Gasteiger partial charge in [-0.25, -0.2) is 4.79 Å². The Labute approximate surface area is 208 Å². The maximum absolute atomic E-state index is 13.5. The highest BCUT2D eigenvalue weighted by Crippen LogP contribution is 2.24. The highest BCUT2D eigenvalue weighted by Gasteiger charge is 2.36. The van der Waals surface area contributed by atoms with Crippen LogP contribution in [0.5, 0.6) is 0 Å². The number of nitrogens with one attached hydrogen (secondary N) is 2. The predicted molar refractivity (Wildman–Crippen MR) is 135 cm³/mol. The summed E-state index contributed by atoms with van der Waals surface area (Å²) in [6.07, 6.45) is 1.72. The van der Waals surface area contributed by atoms with E-state index in [1.54, 1.807) is 32.9 Å². The molecule has 1 rings (SSSR count). The molecule has 0 spiro atoms. The van der Waals surface area contributed by atoms with Crippen LogP contribution in [-0.4, -0.2) is 52.8 Å². The summed E-state index contributed by atoms with van der Waals surface area (Å²) in [5, 5.41) is 15.0. The van der Waals surface area contributed by atoms with Crippen LogP contribution in [-0.2, 0) is 20.7 Å². The molecule has 0 saturated heterocycles. The Morgan fingerprint density at radius 3 is 2.24 bits per heavy atom. The Morgan fingerprint density at radius 2 is 1.76 bits per heavy atom. The standard InChI is InChI=1S/C25H38N4O4S/c1-7-9-17(3)27-22(30)21(19-12-10-18(8-2)11-13-19)29(15-14-26)23(31)20(16-34)28-24(32)33-25(4,5)6/h10-13,17,20-21,34H,7-9,15-16H2,1-6H3,(H,27,30)(H,28,32). The molecule has 0 heterocycles. The highest BCUT2D eigenvalue weighted by molar-refractivity contribution is 7.80. The third kappa shape index (κ3) is 9.26. The van der Waals surface area contributed by atoms with E-state index in [0.717, 1.165) is 24.8 Å². The summed E-state index contributed by atoms with van der Waals surface area (Å²) in [4.78, 5) is 40.4. The number of benzene rings is 1. The first-order chi connectivity index (χ1) is 16.0. The van der Waals surface area contributed by atoms with E-state index in [1.807, 2.05) is 39.0 Å². The third-order valence-electron chi connectivity index (χ3n) is 5.07. The molecule has 9 heteroatoms. The monoisotopic (exact) mass is 490 g/mol. The molecule has 0 aliphatic rings. The molecule has 0 saturated carbocycles. The normalized spacial score (nSPS) is 13.7. The molecule has 3 unspecified atom stereocenters. The number of ether oxygens (including phenoxy) is 1. The molecule has 188 valence electrons. The number of carbonyl (C=O) groups is 3. The van der Waals surface area contributed by atoms with Gasteiger partial charge in [0.25, 0.3) is 0 Å². The lowest BCUT2D eigenvalue weighted by molar-refractivity contribution is -0.141. The lowest BCUT2D eigenvalue weighted by Gasteiger charge is -2.33. The van der Waals surface area contributed by atoms with Crippen LogP contribution in [0.3, 0.4) is 0 Å². The molecule has 0 aliphatic heterocycles. The average molecular weight is 491 g/mol. The molecular formula is C25H38N4O4S. The summed E-state index contributed by atoms with van der Waals surface area (Å²) < 4.78 is 5.26. The molecule has 0 aliphatic carbocycles. The van der Waals surface area contributed by atoms with E-state index in [2.05, 4.69) is 23.3 Å². The Hall–Kier alpha value is -2.73. The van der Waals surface area contributed by atoms with E-state index >= 15 is 0 Å². The van der Waals surface area contributed by atoms with Gasteiger partial charge in [0.1, 0.15) is 24.2 Å². The van der Waals surface area contributed by atoms with Crippen LogP contribution in [0.1, 0.15) is 71.6 Å². The van der Waals surface area contributed by atoms with E-state index in [1.165, 1.54) is 4.90 Å². The first kappa shape index (κ1) is 29.3. The van der Waals surface area contributed by atoms with E-state index in [4.69, 9.17) is 4.74 Å². The summed E-state index contributed by atoms with van der Waals surface area (Å²) in [5.74, 6) is -1.01.